The highest BCUT2D eigenvalue weighted by Gasteiger charge is 2.05. The molecule has 0 amide bonds. The summed E-state index contributed by atoms with van der Waals surface area (Å²) in [4.78, 5) is 6.44. The summed E-state index contributed by atoms with van der Waals surface area (Å²) in [5.74, 6) is 1.49. The first-order valence-corrected chi connectivity index (χ1v) is 5.92. The Morgan fingerprint density at radius 2 is 2.12 bits per heavy atom. The lowest BCUT2D eigenvalue weighted by molar-refractivity contribution is 0.740. The van der Waals surface area contributed by atoms with Crippen LogP contribution in [0.1, 0.15) is 33.1 Å². The summed E-state index contributed by atoms with van der Waals surface area (Å²) in [6.45, 7) is 6.17. The van der Waals surface area contributed by atoms with Crippen LogP contribution in [-0.4, -0.2) is 35.3 Å². The highest BCUT2D eigenvalue weighted by atomic mass is 15.3. The molecule has 0 saturated heterocycles. The molecule has 1 aromatic rings. The summed E-state index contributed by atoms with van der Waals surface area (Å²) < 4.78 is 0. The van der Waals surface area contributed by atoms with Gasteiger partial charge in [0.15, 0.2) is 5.82 Å². The third kappa shape index (κ3) is 4.00. The molecule has 1 N–H and O–H groups in total. The van der Waals surface area contributed by atoms with Crippen molar-refractivity contribution in [1.29, 1.82) is 0 Å². The van der Waals surface area contributed by atoms with Gasteiger partial charge in [-0.2, -0.15) is 10.1 Å². The van der Waals surface area contributed by atoms with Gasteiger partial charge >= 0.3 is 0 Å². The Kier molecular flexibility index (Phi) is 5.53. The van der Waals surface area contributed by atoms with E-state index < -0.39 is 0 Å². The topological polar surface area (TPSA) is 53.9 Å². The predicted molar refractivity (Wildman–Crippen MR) is 66.8 cm³/mol. The molecule has 0 spiro atoms. The molecule has 1 aromatic heterocycles. The maximum absolute atomic E-state index is 4.40. The van der Waals surface area contributed by atoms with E-state index in [0.717, 1.165) is 31.7 Å². The molecule has 0 aliphatic heterocycles. The van der Waals surface area contributed by atoms with E-state index in [2.05, 4.69) is 34.3 Å². The van der Waals surface area contributed by atoms with Crippen molar-refractivity contribution in [3.05, 3.63) is 6.20 Å². The molecule has 1 rings (SSSR count). The second-order valence-corrected chi connectivity index (χ2v) is 3.84. The molecule has 0 aliphatic carbocycles. The van der Waals surface area contributed by atoms with E-state index in [9.17, 15) is 0 Å². The smallest absolute Gasteiger partial charge is 0.247 e. The lowest BCUT2D eigenvalue weighted by Crippen LogP contribution is -2.21. The van der Waals surface area contributed by atoms with Crippen molar-refractivity contribution in [3.63, 3.8) is 0 Å². The highest BCUT2D eigenvalue weighted by molar-refractivity contribution is 5.38. The van der Waals surface area contributed by atoms with Crippen LogP contribution in [0.5, 0.6) is 0 Å². The largest absolute Gasteiger partial charge is 0.369 e. The Morgan fingerprint density at radius 1 is 1.31 bits per heavy atom. The molecular weight excluding hydrogens is 202 g/mol. The lowest BCUT2D eigenvalue weighted by atomic mass is 10.3. The first kappa shape index (κ1) is 12.7. The second-order valence-electron chi connectivity index (χ2n) is 3.84. The van der Waals surface area contributed by atoms with Gasteiger partial charge in [0.1, 0.15) is 0 Å². The number of nitrogens with zero attached hydrogens (tertiary/aromatic N) is 4. The number of hydrogen-bond donors (Lipinski definition) is 1. The quantitative estimate of drug-likeness (QED) is 0.765. The number of hydrogen-bond acceptors (Lipinski definition) is 5. The molecule has 0 bridgehead atoms. The fourth-order valence-electron chi connectivity index (χ4n) is 1.29. The summed E-state index contributed by atoms with van der Waals surface area (Å²) >= 11 is 0. The summed E-state index contributed by atoms with van der Waals surface area (Å²) in [5, 5.41) is 11.2. The summed E-state index contributed by atoms with van der Waals surface area (Å²) in [6.07, 6.45) is 5.05. The number of nitrogens with one attached hydrogen (secondary N) is 1. The number of aromatic nitrogens is 3. The van der Waals surface area contributed by atoms with E-state index in [4.69, 9.17) is 0 Å². The van der Waals surface area contributed by atoms with Crippen molar-refractivity contribution in [3.8, 4) is 0 Å². The van der Waals surface area contributed by atoms with Gasteiger partial charge in [0, 0.05) is 20.1 Å². The average Bonchev–Trinajstić information content (AvgIpc) is 2.33. The van der Waals surface area contributed by atoms with Crippen LogP contribution in [0.4, 0.5) is 11.8 Å². The van der Waals surface area contributed by atoms with Gasteiger partial charge in [-0.1, -0.05) is 20.3 Å². The zero-order valence-corrected chi connectivity index (χ0v) is 10.4. The third-order valence-electron chi connectivity index (χ3n) is 2.29. The van der Waals surface area contributed by atoms with E-state index in [-0.39, 0.29) is 0 Å². The minimum absolute atomic E-state index is 0.689. The molecule has 0 radical (unpaired) electrons. The molecule has 0 aromatic carbocycles. The van der Waals surface area contributed by atoms with Gasteiger partial charge < -0.3 is 10.2 Å². The van der Waals surface area contributed by atoms with Gasteiger partial charge in [-0.05, 0) is 12.8 Å². The fraction of sp³-hybridized carbons (Fsp3) is 0.727. The van der Waals surface area contributed by atoms with Crippen LogP contribution >= 0.6 is 0 Å². The van der Waals surface area contributed by atoms with Crippen LogP contribution in [0.15, 0.2) is 6.20 Å². The normalized spacial score (nSPS) is 10.2. The average molecular weight is 223 g/mol. The standard InChI is InChI=1S/C11H21N5/c1-4-6-8-16(3)11-14-10(9-13-15-11)12-7-5-2/h9H,4-8H2,1-3H3,(H,12,14,15). The van der Waals surface area contributed by atoms with Gasteiger partial charge in [-0.15, -0.1) is 5.10 Å². The van der Waals surface area contributed by atoms with Crippen LogP contribution in [0, 0.1) is 0 Å². The molecular formula is C11H21N5. The van der Waals surface area contributed by atoms with Gasteiger partial charge in [0.25, 0.3) is 0 Å². The molecule has 0 fully saturated rings. The Bertz CT molecular complexity index is 302. The first-order valence-electron chi connectivity index (χ1n) is 5.92. The lowest BCUT2D eigenvalue weighted by Gasteiger charge is -2.16. The molecule has 0 unspecified atom stereocenters. The zero-order chi connectivity index (χ0) is 11.8. The summed E-state index contributed by atoms with van der Waals surface area (Å²) in [7, 11) is 2.00. The predicted octanol–water partition coefficient (Wildman–Crippen LogP) is 1.93. The fourth-order valence-corrected chi connectivity index (χ4v) is 1.29. The highest BCUT2D eigenvalue weighted by Crippen LogP contribution is 2.08. The van der Waals surface area contributed by atoms with Gasteiger partial charge in [0.2, 0.25) is 5.95 Å². The SMILES string of the molecule is CCCCN(C)c1nncc(NCCC)n1. The Morgan fingerprint density at radius 3 is 2.81 bits per heavy atom. The Labute approximate surface area is 97.3 Å². The maximum atomic E-state index is 4.40. The zero-order valence-electron chi connectivity index (χ0n) is 10.4. The minimum Gasteiger partial charge on any atom is -0.369 e. The van der Waals surface area contributed by atoms with E-state index in [1.807, 2.05) is 11.9 Å². The van der Waals surface area contributed by atoms with E-state index in [1.165, 1.54) is 6.42 Å². The van der Waals surface area contributed by atoms with Gasteiger partial charge in [-0.25, -0.2) is 0 Å². The molecule has 0 saturated carbocycles. The minimum atomic E-state index is 0.689. The molecule has 5 nitrogen and oxygen atoms in total. The number of rotatable bonds is 7. The molecule has 0 aliphatic rings. The van der Waals surface area contributed by atoms with Gasteiger partial charge in [-0.3, -0.25) is 0 Å². The molecule has 5 heteroatoms. The molecule has 90 valence electrons. The van der Waals surface area contributed by atoms with Crippen molar-refractivity contribution in [2.75, 3.05) is 30.4 Å². The molecule has 1 heterocycles. The van der Waals surface area contributed by atoms with E-state index >= 15 is 0 Å². The van der Waals surface area contributed by atoms with Crippen LogP contribution < -0.4 is 10.2 Å². The van der Waals surface area contributed by atoms with E-state index in [0.29, 0.717) is 5.95 Å². The van der Waals surface area contributed by atoms with Crippen LogP contribution in [0.25, 0.3) is 0 Å². The van der Waals surface area contributed by atoms with Crippen molar-refractivity contribution in [2.45, 2.75) is 33.1 Å². The number of unbranched alkanes of at least 4 members (excludes halogenated alkanes) is 1. The van der Waals surface area contributed by atoms with Crippen molar-refractivity contribution >= 4 is 11.8 Å². The van der Waals surface area contributed by atoms with Crippen LogP contribution in [-0.2, 0) is 0 Å². The van der Waals surface area contributed by atoms with Crippen LogP contribution in [0.3, 0.4) is 0 Å². The Balaban J connectivity index is 2.58. The Hall–Kier alpha value is -1.39. The monoisotopic (exact) mass is 223 g/mol. The summed E-state index contributed by atoms with van der Waals surface area (Å²) in [5.41, 5.74) is 0. The first-order chi connectivity index (χ1) is 7.77. The maximum Gasteiger partial charge on any atom is 0.247 e. The third-order valence-corrected chi connectivity index (χ3v) is 2.29. The second kappa shape index (κ2) is 6.98. The molecule has 16 heavy (non-hydrogen) atoms. The number of anilines is 2. The van der Waals surface area contributed by atoms with Crippen molar-refractivity contribution in [1.82, 2.24) is 15.2 Å². The van der Waals surface area contributed by atoms with E-state index in [1.54, 1.807) is 6.20 Å². The summed E-state index contributed by atoms with van der Waals surface area (Å²) in [6, 6.07) is 0. The van der Waals surface area contributed by atoms with Crippen LogP contribution in [0.2, 0.25) is 0 Å². The van der Waals surface area contributed by atoms with Crippen molar-refractivity contribution < 1.29 is 0 Å². The van der Waals surface area contributed by atoms with Gasteiger partial charge in [0.05, 0.1) is 6.20 Å². The van der Waals surface area contributed by atoms with Crippen molar-refractivity contribution in [2.24, 2.45) is 0 Å². The molecule has 0 atom stereocenters.